The van der Waals surface area contributed by atoms with Crippen LogP contribution in [0.15, 0.2) is 4.99 Å². The molecule has 0 aromatic carbocycles. The molecule has 4 rings (SSSR count). The van der Waals surface area contributed by atoms with E-state index < -0.39 is 0 Å². The Morgan fingerprint density at radius 2 is 1.78 bits per heavy atom. The van der Waals surface area contributed by atoms with Crippen LogP contribution >= 0.6 is 0 Å². The molecule has 2 unspecified atom stereocenters. The second-order valence-corrected chi connectivity index (χ2v) is 8.12. The fraction of sp³-hybridized carbons (Fsp3) is 0.933. The molecule has 4 aliphatic rings. The summed E-state index contributed by atoms with van der Waals surface area (Å²) in [5.74, 6) is 7.54. The first-order chi connectivity index (χ1) is 8.40. The Bertz CT molecular complexity index is 369. The number of hydrazine groups is 1. The van der Waals surface area contributed by atoms with Gasteiger partial charge < -0.3 is 5.43 Å². The van der Waals surface area contributed by atoms with Crippen LogP contribution < -0.4 is 11.3 Å². The molecule has 18 heavy (non-hydrogen) atoms. The third kappa shape index (κ3) is 1.87. The molecule has 4 saturated carbocycles. The number of aliphatic imine (C=N–C) groups is 1. The highest BCUT2D eigenvalue weighted by Crippen LogP contribution is 2.70. The quantitative estimate of drug-likeness (QED) is 0.342. The molecule has 0 aliphatic heterocycles. The van der Waals surface area contributed by atoms with Crippen LogP contribution in [0.3, 0.4) is 0 Å². The van der Waals surface area contributed by atoms with Crippen molar-refractivity contribution < 1.29 is 0 Å². The van der Waals surface area contributed by atoms with Crippen molar-refractivity contribution in [1.82, 2.24) is 5.43 Å². The lowest BCUT2D eigenvalue weighted by Gasteiger charge is -2.65. The number of hydrogen-bond donors (Lipinski definition) is 2. The van der Waals surface area contributed by atoms with Gasteiger partial charge >= 0.3 is 0 Å². The fourth-order valence-electron chi connectivity index (χ4n) is 6.43. The molecule has 0 heterocycles. The molecule has 2 atom stereocenters. The molecule has 4 bridgehead atoms. The number of rotatable bonds is 2. The summed E-state index contributed by atoms with van der Waals surface area (Å²) in [4.78, 5) is 4.31. The molecule has 0 amide bonds. The Hall–Kier alpha value is -0.570. The number of nitrogens with two attached hydrogens (primary N) is 1. The van der Waals surface area contributed by atoms with Crippen molar-refractivity contribution in [3.63, 3.8) is 0 Å². The van der Waals surface area contributed by atoms with Gasteiger partial charge in [0.05, 0.1) is 0 Å². The number of hydrogen-bond acceptors (Lipinski definition) is 2. The van der Waals surface area contributed by atoms with E-state index in [1.807, 2.05) is 7.05 Å². The lowest BCUT2D eigenvalue weighted by molar-refractivity contribution is -0.141. The maximum absolute atomic E-state index is 5.60. The van der Waals surface area contributed by atoms with Crippen molar-refractivity contribution in [2.24, 2.45) is 33.0 Å². The van der Waals surface area contributed by atoms with E-state index in [1.54, 1.807) is 0 Å². The lowest BCUT2D eigenvalue weighted by atomic mass is 9.40. The molecule has 3 heteroatoms. The van der Waals surface area contributed by atoms with E-state index in [-0.39, 0.29) is 0 Å². The summed E-state index contributed by atoms with van der Waals surface area (Å²) in [6.45, 7) is 5.03. The van der Waals surface area contributed by atoms with Crippen molar-refractivity contribution in [1.29, 1.82) is 0 Å². The van der Waals surface area contributed by atoms with Gasteiger partial charge in [-0.2, -0.15) is 0 Å². The molecule has 4 fully saturated rings. The molecule has 0 saturated heterocycles. The first kappa shape index (κ1) is 12.5. The largest absolute Gasteiger partial charge is 0.312 e. The smallest absolute Gasteiger partial charge is 0.110 e. The molecule has 0 aromatic rings. The number of nitrogens with zero attached hydrogens (tertiary/aromatic N) is 1. The summed E-state index contributed by atoms with van der Waals surface area (Å²) in [5, 5.41) is 0. The Morgan fingerprint density at radius 3 is 2.22 bits per heavy atom. The van der Waals surface area contributed by atoms with Gasteiger partial charge in [0.2, 0.25) is 0 Å². The minimum atomic E-state index is 0.476. The summed E-state index contributed by atoms with van der Waals surface area (Å²) in [7, 11) is 1.85. The molecule has 3 nitrogen and oxygen atoms in total. The molecule has 0 aromatic heterocycles. The van der Waals surface area contributed by atoms with Crippen LogP contribution in [-0.4, -0.2) is 12.9 Å². The third-order valence-electron chi connectivity index (χ3n) is 5.72. The zero-order chi connectivity index (χ0) is 13.0. The molecular formula is C15H27N3. The van der Waals surface area contributed by atoms with Crippen molar-refractivity contribution in [3.05, 3.63) is 0 Å². The van der Waals surface area contributed by atoms with E-state index in [4.69, 9.17) is 5.84 Å². The molecule has 3 N–H and O–H groups in total. The van der Waals surface area contributed by atoms with E-state index in [2.05, 4.69) is 24.3 Å². The zero-order valence-corrected chi connectivity index (χ0v) is 12.1. The van der Waals surface area contributed by atoms with Gasteiger partial charge in [-0.05, 0) is 60.7 Å². The average molecular weight is 249 g/mol. The monoisotopic (exact) mass is 249 g/mol. The van der Waals surface area contributed by atoms with Crippen molar-refractivity contribution >= 4 is 5.84 Å². The van der Waals surface area contributed by atoms with Crippen LogP contribution in [0, 0.1) is 22.2 Å². The van der Waals surface area contributed by atoms with Crippen LogP contribution in [-0.2, 0) is 0 Å². The van der Waals surface area contributed by atoms with Gasteiger partial charge in [-0.15, -0.1) is 0 Å². The second kappa shape index (κ2) is 3.72. The normalized spacial score (nSPS) is 50.7. The van der Waals surface area contributed by atoms with E-state index in [0.717, 1.165) is 18.2 Å². The Morgan fingerprint density at radius 1 is 1.17 bits per heavy atom. The van der Waals surface area contributed by atoms with Crippen molar-refractivity contribution in [3.8, 4) is 0 Å². The third-order valence-corrected chi connectivity index (χ3v) is 5.72. The maximum atomic E-state index is 5.60. The second-order valence-electron chi connectivity index (χ2n) is 8.12. The van der Waals surface area contributed by atoms with Crippen LogP contribution in [0.1, 0.15) is 58.8 Å². The van der Waals surface area contributed by atoms with Crippen molar-refractivity contribution in [2.45, 2.75) is 58.8 Å². The predicted molar refractivity (Wildman–Crippen MR) is 75.1 cm³/mol. The van der Waals surface area contributed by atoms with Gasteiger partial charge in [0.1, 0.15) is 5.84 Å². The van der Waals surface area contributed by atoms with E-state index in [1.165, 1.54) is 38.5 Å². The molecule has 0 radical (unpaired) electrons. The summed E-state index contributed by atoms with van der Waals surface area (Å²) in [5.41, 5.74) is 4.45. The fourth-order valence-corrected chi connectivity index (χ4v) is 6.43. The highest BCUT2D eigenvalue weighted by molar-refractivity contribution is 5.82. The maximum Gasteiger partial charge on any atom is 0.110 e. The molecule has 4 aliphatic carbocycles. The topological polar surface area (TPSA) is 50.4 Å². The lowest BCUT2D eigenvalue weighted by Crippen LogP contribution is -2.56. The Kier molecular flexibility index (Phi) is 2.58. The summed E-state index contributed by atoms with van der Waals surface area (Å²) in [6.07, 6.45) is 9.57. The van der Waals surface area contributed by atoms with Crippen LogP contribution in [0.2, 0.25) is 0 Å². The van der Waals surface area contributed by atoms with Crippen LogP contribution in [0.25, 0.3) is 0 Å². The highest BCUT2D eigenvalue weighted by Gasteiger charge is 2.59. The number of nitrogens with one attached hydrogen (secondary N) is 1. The molecular weight excluding hydrogens is 222 g/mol. The standard InChI is InChI=1S/C15H27N3/c1-13-4-11-5-14(2,8-13)10-15(6-11,9-13)7-12(17-3)18-16/h11H,4-10,16H2,1-3H3,(H,17,18). The van der Waals surface area contributed by atoms with E-state index in [0.29, 0.717) is 16.2 Å². The van der Waals surface area contributed by atoms with Crippen molar-refractivity contribution in [2.75, 3.05) is 7.05 Å². The Balaban J connectivity index is 1.89. The zero-order valence-electron chi connectivity index (χ0n) is 12.1. The van der Waals surface area contributed by atoms with Gasteiger partial charge in [0.15, 0.2) is 0 Å². The van der Waals surface area contributed by atoms with Gasteiger partial charge in [-0.25, -0.2) is 5.84 Å². The summed E-state index contributed by atoms with van der Waals surface area (Å²) < 4.78 is 0. The van der Waals surface area contributed by atoms with E-state index >= 15 is 0 Å². The molecule has 0 spiro atoms. The minimum Gasteiger partial charge on any atom is -0.312 e. The summed E-state index contributed by atoms with van der Waals surface area (Å²) in [6, 6.07) is 0. The van der Waals surface area contributed by atoms with Gasteiger partial charge in [0.25, 0.3) is 0 Å². The van der Waals surface area contributed by atoms with Gasteiger partial charge in [-0.1, -0.05) is 13.8 Å². The predicted octanol–water partition coefficient (Wildman–Crippen LogP) is 2.86. The first-order valence-corrected chi connectivity index (χ1v) is 7.32. The van der Waals surface area contributed by atoms with Crippen LogP contribution in [0.5, 0.6) is 0 Å². The van der Waals surface area contributed by atoms with Gasteiger partial charge in [-0.3, -0.25) is 4.99 Å². The van der Waals surface area contributed by atoms with Crippen LogP contribution in [0.4, 0.5) is 0 Å². The summed E-state index contributed by atoms with van der Waals surface area (Å²) >= 11 is 0. The minimum absolute atomic E-state index is 0.476. The average Bonchev–Trinajstić information content (AvgIpc) is 2.20. The number of amidine groups is 1. The first-order valence-electron chi connectivity index (χ1n) is 7.32. The SMILES string of the molecule is CN=C(CC12CC3CC(C)(CC(C)(C3)C1)C2)NN. The van der Waals surface area contributed by atoms with Gasteiger partial charge in [0, 0.05) is 13.5 Å². The highest BCUT2D eigenvalue weighted by atomic mass is 15.2. The molecule has 102 valence electrons. The Labute approximate surface area is 111 Å². The van der Waals surface area contributed by atoms with E-state index in [9.17, 15) is 0 Å².